The van der Waals surface area contributed by atoms with Crippen LogP contribution in [-0.2, 0) is 0 Å². The number of carbonyl (C=O) groups is 1. The first-order valence-electron chi connectivity index (χ1n) is 7.30. The van der Waals surface area contributed by atoms with Crippen molar-refractivity contribution in [3.8, 4) is 5.75 Å². The summed E-state index contributed by atoms with van der Waals surface area (Å²) < 4.78 is 6.56. The highest BCUT2D eigenvalue weighted by Gasteiger charge is 2.19. The maximum absolute atomic E-state index is 11.5. The number of nitrogens with zero attached hydrogens (tertiary/aromatic N) is 5. The summed E-state index contributed by atoms with van der Waals surface area (Å²) in [4.78, 5) is 20.0. The molecule has 1 aromatic carbocycles. The van der Waals surface area contributed by atoms with Crippen LogP contribution >= 0.6 is 0 Å². The molecule has 4 aromatic rings. The summed E-state index contributed by atoms with van der Waals surface area (Å²) in [6.45, 7) is 0. The van der Waals surface area contributed by atoms with Gasteiger partial charge in [0, 0.05) is 24.1 Å². The second-order valence-corrected chi connectivity index (χ2v) is 5.17. The Balaban J connectivity index is 1.96. The number of benzene rings is 1. The zero-order valence-corrected chi connectivity index (χ0v) is 13.0. The van der Waals surface area contributed by atoms with Gasteiger partial charge in [-0.2, -0.15) is 0 Å². The van der Waals surface area contributed by atoms with Crippen molar-refractivity contribution in [2.45, 2.75) is 0 Å². The van der Waals surface area contributed by atoms with Gasteiger partial charge >= 0.3 is 5.97 Å². The van der Waals surface area contributed by atoms with Crippen molar-refractivity contribution >= 4 is 34.2 Å². The van der Waals surface area contributed by atoms with E-state index in [2.05, 4.69) is 25.5 Å². The van der Waals surface area contributed by atoms with Crippen molar-refractivity contribution in [1.29, 1.82) is 0 Å². The summed E-state index contributed by atoms with van der Waals surface area (Å²) in [6.07, 6.45) is 3.18. The van der Waals surface area contributed by atoms with Gasteiger partial charge in [-0.25, -0.2) is 14.2 Å². The van der Waals surface area contributed by atoms with Crippen molar-refractivity contribution in [2.75, 3.05) is 12.4 Å². The number of pyridine rings is 1. The third kappa shape index (κ3) is 2.47. The number of hydrogen-bond donors (Lipinski definition) is 2. The van der Waals surface area contributed by atoms with Crippen LogP contribution in [0.4, 0.5) is 11.6 Å². The molecule has 9 heteroatoms. The quantitative estimate of drug-likeness (QED) is 0.582. The predicted molar refractivity (Wildman–Crippen MR) is 89.3 cm³/mol. The normalized spacial score (nSPS) is 10.9. The molecule has 4 rings (SSSR count). The average molecular weight is 336 g/mol. The molecule has 124 valence electrons. The Morgan fingerprint density at radius 3 is 2.96 bits per heavy atom. The third-order valence-electron chi connectivity index (χ3n) is 3.66. The maximum Gasteiger partial charge on any atom is 0.374 e. The largest absolute Gasteiger partial charge is 0.497 e. The molecule has 0 aliphatic heterocycles. The number of aromatic nitrogens is 5. The summed E-state index contributed by atoms with van der Waals surface area (Å²) in [5.74, 6) is -0.498. The number of rotatable bonds is 4. The van der Waals surface area contributed by atoms with Gasteiger partial charge in [0.25, 0.3) is 0 Å². The van der Waals surface area contributed by atoms with E-state index in [0.717, 1.165) is 0 Å². The number of fused-ring (bicyclic) bond motifs is 3. The predicted octanol–water partition coefficient (Wildman–Crippen LogP) is 2.12. The number of ether oxygens (including phenoxy) is 1. The van der Waals surface area contributed by atoms with Gasteiger partial charge in [0.2, 0.25) is 11.8 Å². The van der Waals surface area contributed by atoms with E-state index in [1.54, 1.807) is 31.6 Å². The first-order chi connectivity index (χ1) is 12.2. The third-order valence-corrected chi connectivity index (χ3v) is 3.66. The van der Waals surface area contributed by atoms with Gasteiger partial charge < -0.3 is 15.2 Å². The average Bonchev–Trinajstić information content (AvgIpc) is 3.08. The Hall–Kier alpha value is -3.75. The van der Waals surface area contributed by atoms with E-state index in [-0.39, 0.29) is 11.8 Å². The maximum atomic E-state index is 11.5. The molecule has 0 fully saturated rings. The van der Waals surface area contributed by atoms with Gasteiger partial charge in [-0.1, -0.05) is 6.07 Å². The van der Waals surface area contributed by atoms with Crippen LogP contribution in [0.3, 0.4) is 0 Å². The number of nitrogens with one attached hydrogen (secondary N) is 1. The molecule has 0 radical (unpaired) electrons. The van der Waals surface area contributed by atoms with Crippen LogP contribution in [0.1, 0.15) is 10.6 Å². The second kappa shape index (κ2) is 5.71. The molecule has 0 atom stereocenters. The molecule has 0 amide bonds. The molecule has 0 spiro atoms. The first-order valence-corrected chi connectivity index (χ1v) is 7.30. The monoisotopic (exact) mass is 336 g/mol. The molecule has 0 aliphatic rings. The molecule has 9 nitrogen and oxygen atoms in total. The van der Waals surface area contributed by atoms with Gasteiger partial charge in [-0.05, 0) is 18.2 Å². The Morgan fingerprint density at radius 2 is 2.16 bits per heavy atom. The van der Waals surface area contributed by atoms with E-state index in [9.17, 15) is 9.90 Å². The minimum absolute atomic E-state index is 0.237. The number of aromatic carboxylic acids is 1. The minimum atomic E-state index is -1.20. The molecule has 0 saturated heterocycles. The number of methoxy groups -OCH3 is 1. The first kappa shape index (κ1) is 14.8. The van der Waals surface area contributed by atoms with Crippen LogP contribution < -0.4 is 10.1 Å². The van der Waals surface area contributed by atoms with Crippen LogP contribution in [0.2, 0.25) is 0 Å². The molecule has 0 saturated carbocycles. The Kier molecular flexibility index (Phi) is 3.38. The van der Waals surface area contributed by atoms with Crippen LogP contribution in [0.25, 0.3) is 16.6 Å². The summed E-state index contributed by atoms with van der Waals surface area (Å²) in [7, 11) is 1.57. The number of hydrogen-bond acceptors (Lipinski definition) is 7. The molecule has 0 unspecified atom stereocenters. The van der Waals surface area contributed by atoms with Gasteiger partial charge in [-0.3, -0.25) is 4.98 Å². The molecular formula is C16H12N6O3. The standard InChI is InChI=1S/C16H12N6O3/c1-25-10-4-2-3-9(7-10)18-16-19-12-5-6-17-8-11(12)13-20-21-14(15(23)24)22(13)16/h2-8H,1H3,(H,18,19)(H,23,24). The fraction of sp³-hybridized carbons (Fsp3) is 0.0625. The number of carboxylic acid groups (broad SMARTS) is 1. The molecule has 3 heterocycles. The van der Waals surface area contributed by atoms with Crippen molar-refractivity contribution in [2.24, 2.45) is 0 Å². The van der Waals surface area contributed by atoms with E-state index >= 15 is 0 Å². The van der Waals surface area contributed by atoms with E-state index < -0.39 is 5.97 Å². The molecule has 0 aliphatic carbocycles. The Bertz CT molecular complexity index is 1110. The summed E-state index contributed by atoms with van der Waals surface area (Å²) in [5, 5.41) is 20.9. The fourth-order valence-electron chi connectivity index (χ4n) is 2.53. The fourth-order valence-corrected chi connectivity index (χ4v) is 2.53. The van der Waals surface area contributed by atoms with E-state index in [1.807, 2.05) is 18.2 Å². The number of carboxylic acids is 1. The summed E-state index contributed by atoms with van der Waals surface area (Å²) in [6, 6.07) is 8.93. The van der Waals surface area contributed by atoms with Gasteiger partial charge in [0.1, 0.15) is 5.75 Å². The lowest BCUT2D eigenvalue weighted by atomic mass is 10.3. The van der Waals surface area contributed by atoms with Crippen LogP contribution in [-0.4, -0.2) is 42.8 Å². The second-order valence-electron chi connectivity index (χ2n) is 5.17. The van der Waals surface area contributed by atoms with E-state index in [4.69, 9.17) is 4.74 Å². The molecule has 3 aromatic heterocycles. The SMILES string of the molecule is COc1cccc(Nc2nc3ccncc3c3nnc(C(=O)O)n23)c1. The highest BCUT2D eigenvalue weighted by molar-refractivity contribution is 5.94. The van der Waals surface area contributed by atoms with Crippen molar-refractivity contribution < 1.29 is 14.6 Å². The van der Waals surface area contributed by atoms with Crippen molar-refractivity contribution in [1.82, 2.24) is 24.6 Å². The zero-order valence-electron chi connectivity index (χ0n) is 13.0. The minimum Gasteiger partial charge on any atom is -0.497 e. The van der Waals surface area contributed by atoms with Crippen LogP contribution in [0.5, 0.6) is 5.75 Å². The molecular weight excluding hydrogens is 324 g/mol. The molecule has 0 bridgehead atoms. The van der Waals surface area contributed by atoms with Crippen LogP contribution in [0.15, 0.2) is 42.7 Å². The highest BCUT2D eigenvalue weighted by Crippen LogP contribution is 2.25. The molecule has 2 N–H and O–H groups in total. The smallest absolute Gasteiger partial charge is 0.374 e. The number of anilines is 2. The van der Waals surface area contributed by atoms with E-state index in [0.29, 0.717) is 28.0 Å². The summed E-state index contributed by atoms with van der Waals surface area (Å²) in [5.41, 5.74) is 1.67. The highest BCUT2D eigenvalue weighted by atomic mass is 16.5. The van der Waals surface area contributed by atoms with Gasteiger partial charge in [0.15, 0.2) is 5.65 Å². The van der Waals surface area contributed by atoms with Crippen LogP contribution in [0, 0.1) is 0 Å². The Morgan fingerprint density at radius 1 is 1.28 bits per heavy atom. The topological polar surface area (TPSA) is 115 Å². The van der Waals surface area contributed by atoms with Crippen molar-refractivity contribution in [3.63, 3.8) is 0 Å². The Labute approximate surface area is 140 Å². The lowest BCUT2D eigenvalue weighted by molar-refractivity contribution is 0.0682. The van der Waals surface area contributed by atoms with Crippen molar-refractivity contribution in [3.05, 3.63) is 48.5 Å². The summed E-state index contributed by atoms with van der Waals surface area (Å²) >= 11 is 0. The zero-order chi connectivity index (χ0) is 17.4. The lowest BCUT2D eigenvalue weighted by Crippen LogP contribution is -2.09. The van der Waals surface area contributed by atoms with Gasteiger partial charge in [0.05, 0.1) is 18.0 Å². The molecule has 25 heavy (non-hydrogen) atoms. The van der Waals surface area contributed by atoms with Gasteiger partial charge in [-0.15, -0.1) is 10.2 Å². The lowest BCUT2D eigenvalue weighted by Gasteiger charge is -2.11. The van der Waals surface area contributed by atoms with E-state index in [1.165, 1.54) is 4.40 Å².